The van der Waals surface area contributed by atoms with Gasteiger partial charge in [-0.15, -0.1) is 0 Å². The fraction of sp³-hybridized carbons (Fsp3) is 0.889. The summed E-state index contributed by atoms with van der Waals surface area (Å²) in [4.78, 5) is 0. The van der Waals surface area contributed by atoms with Crippen LogP contribution in [-0.4, -0.2) is 35.3 Å². The first-order valence-electron chi connectivity index (χ1n) is 4.92. The van der Waals surface area contributed by atoms with Crippen LogP contribution >= 0.6 is 12.2 Å². The first-order valence-corrected chi connectivity index (χ1v) is 5.32. The Morgan fingerprint density at radius 2 is 1.53 bits per heavy atom. The molecule has 10 heteroatoms. The highest BCUT2D eigenvalue weighted by atomic mass is 32.1. The normalized spacial score (nSPS) is 16.9. The number of alkyl halides is 8. The number of rotatable bonds is 5. The molecule has 0 aromatic heterocycles. The minimum Gasteiger partial charge on any atom is -0.471 e. The Kier molecular flexibility index (Phi) is 5.56. The van der Waals surface area contributed by atoms with Crippen LogP contribution in [-0.2, 0) is 4.74 Å². The second-order valence-corrected chi connectivity index (χ2v) is 4.24. The highest BCUT2D eigenvalue weighted by Crippen LogP contribution is 2.46. The van der Waals surface area contributed by atoms with Crippen LogP contribution in [0.3, 0.4) is 0 Å². The van der Waals surface area contributed by atoms with Crippen LogP contribution in [0.4, 0.5) is 35.1 Å². The number of halogens is 8. The van der Waals surface area contributed by atoms with E-state index in [9.17, 15) is 35.1 Å². The average molecular weight is 318 g/mol. The van der Waals surface area contributed by atoms with Gasteiger partial charge in [0.2, 0.25) is 6.10 Å². The van der Waals surface area contributed by atoms with E-state index in [1.807, 2.05) is 0 Å². The molecule has 0 aromatic rings. The first kappa shape index (κ1) is 18.3. The lowest BCUT2D eigenvalue weighted by atomic mass is 9.99. The van der Waals surface area contributed by atoms with Crippen molar-refractivity contribution in [2.75, 3.05) is 0 Å². The molecular formula is C9H10F8OS. The summed E-state index contributed by atoms with van der Waals surface area (Å²) in [7, 11) is 0. The van der Waals surface area contributed by atoms with Gasteiger partial charge in [0.25, 0.3) is 0 Å². The molecule has 114 valence electrons. The molecular weight excluding hydrogens is 308 g/mol. The van der Waals surface area contributed by atoms with E-state index >= 15 is 0 Å². The van der Waals surface area contributed by atoms with Gasteiger partial charge < -0.3 is 4.74 Å². The second-order valence-electron chi connectivity index (χ2n) is 3.66. The third-order valence-corrected chi connectivity index (χ3v) is 2.21. The Morgan fingerprint density at radius 1 is 1.11 bits per heavy atom. The molecule has 19 heavy (non-hydrogen) atoms. The van der Waals surface area contributed by atoms with Gasteiger partial charge in [-0.1, -0.05) is 6.92 Å². The largest absolute Gasteiger partial charge is 0.471 e. The van der Waals surface area contributed by atoms with Crippen molar-refractivity contribution in [1.82, 2.24) is 0 Å². The van der Waals surface area contributed by atoms with Crippen LogP contribution in [0.15, 0.2) is 0 Å². The minimum atomic E-state index is -6.32. The van der Waals surface area contributed by atoms with Crippen molar-refractivity contribution in [3.63, 3.8) is 0 Å². The van der Waals surface area contributed by atoms with E-state index in [1.54, 1.807) is 0 Å². The number of thiocarbonyl (C=S) groups is 1. The Morgan fingerprint density at radius 3 is 1.79 bits per heavy atom. The molecule has 2 atom stereocenters. The van der Waals surface area contributed by atoms with Crippen molar-refractivity contribution in [3.05, 3.63) is 0 Å². The predicted octanol–water partition coefficient (Wildman–Crippen LogP) is 4.30. The zero-order valence-electron chi connectivity index (χ0n) is 9.70. The molecule has 0 amide bonds. The van der Waals surface area contributed by atoms with Gasteiger partial charge in [0, 0.05) is 6.92 Å². The molecule has 0 aromatic carbocycles. The minimum absolute atomic E-state index is 0.726. The Balaban J connectivity index is 5.64. The Hall–Kier alpha value is -0.670. The maximum absolute atomic E-state index is 13.3. The Bertz CT molecular complexity index is 327. The molecule has 0 spiro atoms. The van der Waals surface area contributed by atoms with Gasteiger partial charge in [0.1, 0.15) is 0 Å². The predicted molar refractivity (Wildman–Crippen MR) is 54.3 cm³/mol. The molecule has 2 unspecified atom stereocenters. The Labute approximate surface area is 108 Å². The maximum atomic E-state index is 13.3. The van der Waals surface area contributed by atoms with E-state index in [0.29, 0.717) is 0 Å². The highest BCUT2D eigenvalue weighted by Gasteiger charge is 2.72. The van der Waals surface area contributed by atoms with Crippen LogP contribution < -0.4 is 0 Å². The lowest BCUT2D eigenvalue weighted by Gasteiger charge is -2.35. The summed E-state index contributed by atoms with van der Waals surface area (Å²) in [5.41, 5.74) is 0. The summed E-state index contributed by atoms with van der Waals surface area (Å²) in [6.45, 7) is 1.59. The smallest absolute Gasteiger partial charge is 0.457 e. The average Bonchev–Trinajstić information content (AvgIpc) is 2.22. The monoisotopic (exact) mass is 318 g/mol. The summed E-state index contributed by atoms with van der Waals surface area (Å²) in [5, 5.41) is -0.975. The maximum Gasteiger partial charge on any atom is 0.457 e. The molecule has 0 saturated heterocycles. The SMILES string of the molecule is CCC(F)C(F)(F)C(OC(C)=S)C(F)(F)C(F)(F)F. The molecule has 0 aliphatic heterocycles. The van der Waals surface area contributed by atoms with E-state index in [-0.39, 0.29) is 0 Å². The summed E-state index contributed by atoms with van der Waals surface area (Å²) < 4.78 is 106. The zero-order chi connectivity index (χ0) is 15.6. The number of ether oxygens (including phenoxy) is 1. The van der Waals surface area contributed by atoms with Gasteiger partial charge in [0.15, 0.2) is 11.2 Å². The molecule has 0 aliphatic carbocycles. The van der Waals surface area contributed by atoms with Gasteiger partial charge in [-0.2, -0.15) is 30.7 Å². The van der Waals surface area contributed by atoms with Crippen LogP contribution in [0, 0.1) is 0 Å². The zero-order valence-corrected chi connectivity index (χ0v) is 10.5. The lowest BCUT2D eigenvalue weighted by Crippen LogP contribution is -2.59. The topological polar surface area (TPSA) is 9.23 Å². The van der Waals surface area contributed by atoms with E-state index < -0.39 is 41.8 Å². The van der Waals surface area contributed by atoms with Gasteiger partial charge in [-0.3, -0.25) is 0 Å². The third kappa shape index (κ3) is 3.90. The van der Waals surface area contributed by atoms with Crippen molar-refractivity contribution in [3.8, 4) is 0 Å². The fourth-order valence-electron chi connectivity index (χ4n) is 1.15. The first-order chi connectivity index (χ1) is 8.28. The molecule has 0 fully saturated rings. The second kappa shape index (κ2) is 5.76. The molecule has 0 N–H and O–H groups in total. The number of hydrogen-bond acceptors (Lipinski definition) is 2. The van der Waals surface area contributed by atoms with Gasteiger partial charge in [0.05, 0.1) is 0 Å². The molecule has 0 rings (SSSR count). The van der Waals surface area contributed by atoms with Crippen LogP contribution in [0.25, 0.3) is 0 Å². The van der Waals surface area contributed by atoms with Crippen LogP contribution in [0.5, 0.6) is 0 Å². The third-order valence-electron chi connectivity index (χ3n) is 2.12. The fourth-order valence-corrected chi connectivity index (χ4v) is 1.24. The van der Waals surface area contributed by atoms with Crippen LogP contribution in [0.1, 0.15) is 20.3 Å². The number of hydrogen-bond donors (Lipinski definition) is 0. The molecule has 0 radical (unpaired) electrons. The van der Waals surface area contributed by atoms with Crippen molar-refractivity contribution < 1.29 is 39.9 Å². The molecule has 0 heterocycles. The molecule has 0 saturated carbocycles. The van der Waals surface area contributed by atoms with Crippen molar-refractivity contribution in [2.24, 2.45) is 0 Å². The molecule has 0 aliphatic rings. The molecule has 1 nitrogen and oxygen atoms in total. The van der Waals surface area contributed by atoms with Crippen molar-refractivity contribution >= 4 is 17.3 Å². The van der Waals surface area contributed by atoms with E-state index in [2.05, 4.69) is 17.0 Å². The van der Waals surface area contributed by atoms with E-state index in [1.165, 1.54) is 0 Å². The summed E-state index contributed by atoms with van der Waals surface area (Å²) >= 11 is 4.08. The summed E-state index contributed by atoms with van der Waals surface area (Å²) in [6, 6.07) is 0. The lowest BCUT2D eigenvalue weighted by molar-refractivity contribution is -0.342. The summed E-state index contributed by atoms with van der Waals surface area (Å²) in [6.07, 6.45) is -14.6. The highest BCUT2D eigenvalue weighted by molar-refractivity contribution is 7.80. The van der Waals surface area contributed by atoms with Gasteiger partial charge in [-0.25, -0.2) is 4.39 Å². The van der Waals surface area contributed by atoms with Crippen molar-refractivity contribution in [1.29, 1.82) is 0 Å². The van der Waals surface area contributed by atoms with E-state index in [4.69, 9.17) is 0 Å². The van der Waals surface area contributed by atoms with Gasteiger partial charge >= 0.3 is 18.0 Å². The van der Waals surface area contributed by atoms with Crippen LogP contribution in [0.2, 0.25) is 0 Å². The quantitative estimate of drug-likeness (QED) is 0.552. The van der Waals surface area contributed by atoms with Gasteiger partial charge in [-0.05, 0) is 18.6 Å². The molecule has 0 bridgehead atoms. The standard InChI is InChI=1S/C9H10F8OS/c1-3-5(10)7(11,12)6(18-4(2)19)8(13,14)9(15,16)17/h5-6H,3H2,1-2H3. The van der Waals surface area contributed by atoms with E-state index in [0.717, 1.165) is 13.8 Å². The summed E-state index contributed by atoms with van der Waals surface area (Å²) in [5.74, 6) is -11.0. The van der Waals surface area contributed by atoms with Crippen molar-refractivity contribution in [2.45, 2.75) is 50.6 Å².